The maximum atomic E-state index is 13.6. The van der Waals surface area contributed by atoms with Gasteiger partial charge in [-0.3, -0.25) is 9.69 Å². The Morgan fingerprint density at radius 2 is 1.76 bits per heavy atom. The van der Waals surface area contributed by atoms with Crippen LogP contribution in [0.15, 0.2) is 41.6 Å². The second kappa shape index (κ2) is 13.1. The number of aliphatic carboxylic acids is 1. The van der Waals surface area contributed by atoms with E-state index in [-0.39, 0.29) is 17.7 Å². The van der Waals surface area contributed by atoms with Crippen molar-refractivity contribution in [2.24, 2.45) is 10.6 Å². The first-order valence-corrected chi connectivity index (χ1v) is 13.8. The standard InChI is InChI=1S/C30H39FN2O5/c1-3-36-25-18-22(19-26(37-4-2)29(25)23-9-11-24(31)12-10-23)20-33-17-13-27(32-38-21-33)30(14-5-6-15-30)16-7-8-28(34)35/h9-12,18-19H,3-8,13-17,20-21H2,1-2H3,(H,34,35). The summed E-state index contributed by atoms with van der Waals surface area (Å²) >= 11 is 0. The average molecular weight is 527 g/mol. The Kier molecular flexibility index (Phi) is 9.61. The number of hydrogen-bond acceptors (Lipinski definition) is 6. The predicted octanol–water partition coefficient (Wildman–Crippen LogP) is 6.64. The number of ether oxygens (including phenoxy) is 2. The van der Waals surface area contributed by atoms with Crippen LogP contribution < -0.4 is 9.47 Å². The smallest absolute Gasteiger partial charge is 0.303 e. The predicted molar refractivity (Wildman–Crippen MR) is 145 cm³/mol. The van der Waals surface area contributed by atoms with E-state index < -0.39 is 5.97 Å². The summed E-state index contributed by atoms with van der Waals surface area (Å²) in [5.41, 5.74) is 3.74. The van der Waals surface area contributed by atoms with Crippen LogP contribution in [0, 0.1) is 11.2 Å². The minimum Gasteiger partial charge on any atom is -0.493 e. The lowest BCUT2D eigenvalue weighted by Crippen LogP contribution is -2.31. The highest BCUT2D eigenvalue weighted by molar-refractivity contribution is 5.90. The summed E-state index contributed by atoms with van der Waals surface area (Å²) in [6.45, 7) is 6.69. The average Bonchev–Trinajstić information content (AvgIpc) is 3.24. The number of nitrogens with zero attached hydrogens (tertiary/aromatic N) is 2. The van der Waals surface area contributed by atoms with Crippen molar-refractivity contribution >= 4 is 11.7 Å². The molecule has 1 aliphatic heterocycles. The second-order valence-corrected chi connectivity index (χ2v) is 10.2. The normalized spacial score (nSPS) is 17.4. The fourth-order valence-corrected chi connectivity index (χ4v) is 5.80. The molecular weight excluding hydrogens is 487 g/mol. The zero-order chi connectivity index (χ0) is 27.0. The van der Waals surface area contributed by atoms with E-state index in [0.29, 0.717) is 44.4 Å². The zero-order valence-electron chi connectivity index (χ0n) is 22.5. The van der Waals surface area contributed by atoms with E-state index in [1.165, 1.54) is 12.1 Å². The van der Waals surface area contributed by atoms with Crippen molar-refractivity contribution in [1.29, 1.82) is 0 Å². The van der Waals surface area contributed by atoms with E-state index in [2.05, 4.69) is 10.1 Å². The van der Waals surface area contributed by atoms with Crippen LogP contribution in [0.4, 0.5) is 4.39 Å². The molecule has 0 radical (unpaired) electrons. The van der Waals surface area contributed by atoms with Crippen molar-refractivity contribution in [2.45, 2.75) is 71.8 Å². The fraction of sp³-hybridized carbons (Fsp3) is 0.533. The number of carbonyl (C=O) groups is 1. The molecular formula is C30H39FN2O5. The minimum atomic E-state index is -0.744. The van der Waals surface area contributed by atoms with E-state index in [4.69, 9.17) is 19.4 Å². The molecule has 1 heterocycles. The van der Waals surface area contributed by atoms with Crippen LogP contribution in [0.25, 0.3) is 11.1 Å². The quantitative estimate of drug-likeness (QED) is 0.334. The molecule has 206 valence electrons. The Labute approximate surface area is 224 Å². The summed E-state index contributed by atoms with van der Waals surface area (Å²) in [5.74, 6) is 0.379. The van der Waals surface area contributed by atoms with Gasteiger partial charge in [-0.1, -0.05) is 30.1 Å². The molecule has 2 aliphatic rings. The van der Waals surface area contributed by atoms with E-state index in [1.807, 2.05) is 26.0 Å². The minimum absolute atomic E-state index is 0.0352. The fourth-order valence-electron chi connectivity index (χ4n) is 5.80. The van der Waals surface area contributed by atoms with Crippen LogP contribution in [0.1, 0.15) is 70.8 Å². The van der Waals surface area contributed by atoms with Crippen molar-refractivity contribution in [3.63, 3.8) is 0 Å². The molecule has 7 nitrogen and oxygen atoms in total. The van der Waals surface area contributed by atoms with Gasteiger partial charge in [-0.15, -0.1) is 0 Å². The number of oxime groups is 1. The van der Waals surface area contributed by atoms with Crippen LogP contribution in [0.5, 0.6) is 11.5 Å². The van der Waals surface area contributed by atoms with E-state index in [9.17, 15) is 9.18 Å². The second-order valence-electron chi connectivity index (χ2n) is 10.2. The van der Waals surface area contributed by atoms with E-state index in [0.717, 1.165) is 67.5 Å². The molecule has 8 heteroatoms. The molecule has 2 aromatic carbocycles. The summed E-state index contributed by atoms with van der Waals surface area (Å²) in [7, 11) is 0. The van der Waals surface area contributed by atoms with Crippen LogP contribution in [-0.2, 0) is 16.2 Å². The molecule has 1 N–H and O–H groups in total. The lowest BCUT2D eigenvalue weighted by Gasteiger charge is -2.30. The number of carboxylic acids is 1. The lowest BCUT2D eigenvalue weighted by atomic mass is 9.75. The van der Waals surface area contributed by atoms with Crippen LogP contribution in [0.2, 0.25) is 0 Å². The molecule has 0 atom stereocenters. The van der Waals surface area contributed by atoms with Gasteiger partial charge in [0, 0.05) is 31.3 Å². The van der Waals surface area contributed by atoms with Gasteiger partial charge in [-0.2, -0.15) is 0 Å². The maximum Gasteiger partial charge on any atom is 0.303 e. The molecule has 4 rings (SSSR count). The molecule has 1 saturated carbocycles. The molecule has 0 bridgehead atoms. The van der Waals surface area contributed by atoms with Gasteiger partial charge in [0.05, 0.1) is 24.5 Å². The highest BCUT2D eigenvalue weighted by atomic mass is 19.1. The molecule has 1 aliphatic carbocycles. The third kappa shape index (κ3) is 6.84. The largest absolute Gasteiger partial charge is 0.493 e. The summed E-state index contributed by atoms with van der Waals surface area (Å²) in [5, 5.41) is 13.7. The zero-order valence-corrected chi connectivity index (χ0v) is 22.5. The molecule has 0 saturated heterocycles. The Bertz CT molecular complexity index is 1090. The van der Waals surface area contributed by atoms with Gasteiger partial charge in [0.25, 0.3) is 0 Å². The highest BCUT2D eigenvalue weighted by Gasteiger charge is 2.39. The SMILES string of the molecule is CCOc1cc(CN2CCC(C3(CCCC(=O)O)CCCC3)=NOC2)cc(OCC)c1-c1ccc(F)cc1. The van der Waals surface area contributed by atoms with E-state index >= 15 is 0 Å². The van der Waals surface area contributed by atoms with Gasteiger partial charge in [0.15, 0.2) is 6.73 Å². The molecule has 1 fully saturated rings. The molecule has 38 heavy (non-hydrogen) atoms. The van der Waals surface area contributed by atoms with Crippen LogP contribution in [0.3, 0.4) is 0 Å². The maximum absolute atomic E-state index is 13.6. The summed E-state index contributed by atoms with van der Waals surface area (Å²) in [6, 6.07) is 10.4. The van der Waals surface area contributed by atoms with Crippen molar-refractivity contribution in [3.05, 3.63) is 47.8 Å². The van der Waals surface area contributed by atoms with Crippen LogP contribution in [-0.4, -0.2) is 48.2 Å². The Hall–Kier alpha value is -3.13. The third-order valence-corrected chi connectivity index (χ3v) is 7.56. The summed E-state index contributed by atoms with van der Waals surface area (Å²) < 4.78 is 25.6. The molecule has 0 spiro atoms. The lowest BCUT2D eigenvalue weighted by molar-refractivity contribution is -0.137. The van der Waals surface area contributed by atoms with Crippen molar-refractivity contribution in [3.8, 4) is 22.6 Å². The number of hydrogen-bond donors (Lipinski definition) is 1. The first-order chi connectivity index (χ1) is 18.4. The van der Waals surface area contributed by atoms with Gasteiger partial charge >= 0.3 is 5.97 Å². The molecule has 0 amide bonds. The monoisotopic (exact) mass is 526 g/mol. The summed E-state index contributed by atoms with van der Waals surface area (Å²) in [4.78, 5) is 19.1. The van der Waals surface area contributed by atoms with E-state index in [1.54, 1.807) is 12.1 Å². The Morgan fingerprint density at radius 3 is 2.37 bits per heavy atom. The molecule has 0 aromatic heterocycles. The topological polar surface area (TPSA) is 80.6 Å². The third-order valence-electron chi connectivity index (χ3n) is 7.56. The summed E-state index contributed by atoms with van der Waals surface area (Å²) in [6.07, 6.45) is 6.91. The molecule has 0 unspecified atom stereocenters. The van der Waals surface area contributed by atoms with Gasteiger partial charge in [0.1, 0.15) is 17.3 Å². The van der Waals surface area contributed by atoms with Crippen LogP contribution >= 0.6 is 0 Å². The number of benzene rings is 2. The van der Waals surface area contributed by atoms with Crippen molar-refractivity contribution in [1.82, 2.24) is 4.90 Å². The number of carboxylic acid groups (broad SMARTS) is 1. The van der Waals surface area contributed by atoms with Gasteiger partial charge in [-0.25, -0.2) is 4.39 Å². The number of rotatable bonds is 12. The first kappa shape index (κ1) is 27.9. The van der Waals surface area contributed by atoms with Gasteiger partial charge in [-0.05, 0) is 74.9 Å². The Morgan fingerprint density at radius 1 is 1.11 bits per heavy atom. The molecule has 2 aromatic rings. The van der Waals surface area contributed by atoms with Gasteiger partial charge < -0.3 is 19.4 Å². The highest BCUT2D eigenvalue weighted by Crippen LogP contribution is 2.45. The first-order valence-electron chi connectivity index (χ1n) is 13.8. The van der Waals surface area contributed by atoms with Crippen molar-refractivity contribution < 1.29 is 28.6 Å². The number of halogens is 1. The Balaban J connectivity index is 1.50. The van der Waals surface area contributed by atoms with Gasteiger partial charge in [0.2, 0.25) is 0 Å². The van der Waals surface area contributed by atoms with Crippen molar-refractivity contribution in [2.75, 3.05) is 26.5 Å².